The van der Waals surface area contributed by atoms with Crippen molar-refractivity contribution < 1.29 is 23.9 Å². The monoisotopic (exact) mass is 379 g/mol. The lowest BCUT2D eigenvalue weighted by Gasteiger charge is -2.25. The Hall–Kier alpha value is -3.86. The van der Waals surface area contributed by atoms with Gasteiger partial charge in [-0.25, -0.2) is 0 Å². The molecule has 3 rings (SSSR count). The highest BCUT2D eigenvalue weighted by molar-refractivity contribution is 6.00. The molecule has 1 aliphatic rings. The number of rotatable bonds is 5. The van der Waals surface area contributed by atoms with E-state index in [2.05, 4.69) is 10.6 Å². The second-order valence-electron chi connectivity index (χ2n) is 6.11. The van der Waals surface area contributed by atoms with Crippen LogP contribution in [0.4, 0.5) is 11.4 Å². The van der Waals surface area contributed by atoms with Crippen molar-refractivity contribution in [1.82, 2.24) is 0 Å². The number of benzene rings is 2. The number of carbonyl (C=O) groups is 3. The Morgan fingerprint density at radius 2 is 2.07 bits per heavy atom. The van der Waals surface area contributed by atoms with Gasteiger partial charge in [0.25, 0.3) is 11.8 Å². The topological polar surface area (TPSA) is 118 Å². The Morgan fingerprint density at radius 3 is 2.86 bits per heavy atom. The molecule has 0 spiro atoms. The summed E-state index contributed by atoms with van der Waals surface area (Å²) in [5.74, 6) is -1.29. The van der Waals surface area contributed by atoms with E-state index < -0.39 is 30.0 Å². The number of fused-ring (bicyclic) bond motifs is 1. The van der Waals surface area contributed by atoms with E-state index in [0.717, 1.165) is 0 Å². The minimum absolute atomic E-state index is 0.332. The van der Waals surface area contributed by atoms with Crippen LogP contribution in [-0.2, 0) is 19.1 Å². The highest BCUT2D eigenvalue weighted by atomic mass is 16.6. The molecule has 2 aromatic carbocycles. The van der Waals surface area contributed by atoms with E-state index >= 15 is 0 Å². The van der Waals surface area contributed by atoms with Crippen molar-refractivity contribution in [2.75, 3.05) is 10.6 Å². The number of esters is 1. The van der Waals surface area contributed by atoms with Crippen LogP contribution in [0.25, 0.3) is 0 Å². The lowest BCUT2D eigenvalue weighted by molar-refractivity contribution is -0.155. The van der Waals surface area contributed by atoms with Gasteiger partial charge in [-0.2, -0.15) is 5.26 Å². The summed E-state index contributed by atoms with van der Waals surface area (Å²) in [7, 11) is 0. The van der Waals surface area contributed by atoms with E-state index in [1.165, 1.54) is 13.0 Å². The van der Waals surface area contributed by atoms with Crippen molar-refractivity contribution in [3.63, 3.8) is 0 Å². The molecule has 0 radical (unpaired) electrons. The van der Waals surface area contributed by atoms with E-state index in [4.69, 9.17) is 14.7 Å². The first-order valence-electron chi connectivity index (χ1n) is 8.53. The first-order chi connectivity index (χ1) is 13.5. The second kappa shape index (κ2) is 8.22. The molecule has 2 amide bonds. The maximum absolute atomic E-state index is 12.2. The number of nitrogens with zero attached hydrogens (tertiary/aromatic N) is 1. The zero-order valence-corrected chi connectivity index (χ0v) is 15.0. The second-order valence-corrected chi connectivity index (χ2v) is 6.11. The van der Waals surface area contributed by atoms with Crippen molar-refractivity contribution >= 4 is 29.2 Å². The highest BCUT2D eigenvalue weighted by Crippen LogP contribution is 2.29. The molecule has 142 valence electrons. The van der Waals surface area contributed by atoms with Gasteiger partial charge >= 0.3 is 5.97 Å². The van der Waals surface area contributed by atoms with Crippen LogP contribution in [0.15, 0.2) is 48.5 Å². The van der Waals surface area contributed by atoms with Crippen LogP contribution in [0, 0.1) is 11.3 Å². The van der Waals surface area contributed by atoms with Gasteiger partial charge in [0.2, 0.25) is 0 Å². The maximum Gasteiger partial charge on any atom is 0.310 e. The zero-order chi connectivity index (χ0) is 20.1. The molecule has 2 N–H and O–H groups in total. The Balaban J connectivity index is 1.55. The molecule has 0 saturated carbocycles. The van der Waals surface area contributed by atoms with Gasteiger partial charge in [-0.15, -0.1) is 0 Å². The molecule has 0 saturated heterocycles. The van der Waals surface area contributed by atoms with Crippen molar-refractivity contribution in [3.8, 4) is 11.8 Å². The molecule has 0 unspecified atom stereocenters. The van der Waals surface area contributed by atoms with Crippen LogP contribution in [0.5, 0.6) is 5.75 Å². The van der Waals surface area contributed by atoms with Crippen molar-refractivity contribution in [2.45, 2.75) is 25.6 Å². The number of anilines is 2. The summed E-state index contributed by atoms with van der Waals surface area (Å²) < 4.78 is 10.6. The summed E-state index contributed by atoms with van der Waals surface area (Å²) in [6.07, 6.45) is -2.45. The van der Waals surface area contributed by atoms with Crippen LogP contribution < -0.4 is 15.4 Å². The Kier molecular flexibility index (Phi) is 5.56. The van der Waals surface area contributed by atoms with Crippen molar-refractivity contribution in [2.24, 2.45) is 0 Å². The van der Waals surface area contributed by atoms with Gasteiger partial charge in [-0.3, -0.25) is 14.4 Å². The third kappa shape index (κ3) is 4.45. The highest BCUT2D eigenvalue weighted by Gasteiger charge is 2.31. The van der Waals surface area contributed by atoms with Crippen LogP contribution in [0.1, 0.15) is 18.9 Å². The zero-order valence-electron chi connectivity index (χ0n) is 15.0. The van der Waals surface area contributed by atoms with Gasteiger partial charge < -0.3 is 20.1 Å². The smallest absolute Gasteiger partial charge is 0.310 e. The van der Waals surface area contributed by atoms with Gasteiger partial charge in [0.1, 0.15) is 5.75 Å². The van der Waals surface area contributed by atoms with E-state index in [0.29, 0.717) is 22.7 Å². The fourth-order valence-electron chi connectivity index (χ4n) is 2.59. The largest absolute Gasteiger partial charge is 0.478 e. The van der Waals surface area contributed by atoms with E-state index in [9.17, 15) is 14.4 Å². The molecule has 1 heterocycles. The molecule has 2 aromatic rings. The number of hydrogen-bond donors (Lipinski definition) is 2. The molecule has 0 fully saturated rings. The van der Waals surface area contributed by atoms with E-state index in [1.54, 1.807) is 42.5 Å². The van der Waals surface area contributed by atoms with E-state index in [-0.39, 0.29) is 6.42 Å². The quantitative estimate of drug-likeness (QED) is 0.769. The van der Waals surface area contributed by atoms with Gasteiger partial charge in [0.15, 0.2) is 12.2 Å². The first-order valence-corrected chi connectivity index (χ1v) is 8.53. The fourth-order valence-corrected chi connectivity index (χ4v) is 2.59. The summed E-state index contributed by atoms with van der Waals surface area (Å²) in [6.45, 7) is 1.42. The summed E-state index contributed by atoms with van der Waals surface area (Å²) in [4.78, 5) is 36.4. The number of nitrogens with one attached hydrogen (secondary N) is 2. The van der Waals surface area contributed by atoms with Crippen LogP contribution in [0.3, 0.4) is 0 Å². The standard InChI is InChI=1S/C20H17N3O5/c1-12(19(25)22-14-6-4-5-13(9-14)11-21)27-18(24)10-17-20(26)23-15-7-2-3-8-16(15)28-17/h2-9,12,17H,10H2,1H3,(H,22,25)(H,23,26)/t12-,17-/m0/s1. The number of amides is 2. The average molecular weight is 379 g/mol. The molecule has 28 heavy (non-hydrogen) atoms. The number of nitriles is 1. The molecule has 0 aromatic heterocycles. The van der Waals surface area contributed by atoms with E-state index in [1.807, 2.05) is 6.07 Å². The number of ether oxygens (including phenoxy) is 2. The van der Waals surface area contributed by atoms with Gasteiger partial charge in [-0.05, 0) is 37.3 Å². The number of hydrogen-bond acceptors (Lipinski definition) is 6. The van der Waals surface area contributed by atoms with Crippen LogP contribution in [-0.4, -0.2) is 30.0 Å². The third-order valence-corrected chi connectivity index (χ3v) is 4.00. The van der Waals surface area contributed by atoms with Gasteiger partial charge in [0, 0.05) is 5.69 Å². The molecule has 8 nitrogen and oxygen atoms in total. The minimum atomic E-state index is -1.09. The average Bonchev–Trinajstić information content (AvgIpc) is 2.68. The SMILES string of the molecule is C[C@H](OC(=O)C[C@@H]1Oc2ccccc2NC1=O)C(=O)Nc1cccc(C#N)c1. The molecular weight excluding hydrogens is 362 g/mol. The lowest BCUT2D eigenvalue weighted by atomic mass is 10.1. The Morgan fingerprint density at radius 1 is 1.29 bits per heavy atom. The summed E-state index contributed by atoms with van der Waals surface area (Å²) in [5, 5.41) is 14.1. The van der Waals surface area contributed by atoms with Gasteiger partial charge in [0.05, 0.1) is 23.7 Å². The molecule has 8 heteroatoms. The summed E-state index contributed by atoms with van der Waals surface area (Å²) in [6, 6.07) is 15.2. The lowest BCUT2D eigenvalue weighted by Crippen LogP contribution is -2.40. The maximum atomic E-state index is 12.2. The third-order valence-electron chi connectivity index (χ3n) is 4.00. The Labute approximate surface area is 161 Å². The van der Waals surface area contributed by atoms with Crippen molar-refractivity contribution in [1.29, 1.82) is 5.26 Å². The minimum Gasteiger partial charge on any atom is -0.478 e. The normalized spacial score (nSPS) is 15.9. The molecule has 1 aliphatic heterocycles. The number of carbonyl (C=O) groups excluding carboxylic acids is 3. The van der Waals surface area contributed by atoms with Crippen LogP contribution in [0.2, 0.25) is 0 Å². The van der Waals surface area contributed by atoms with Crippen LogP contribution >= 0.6 is 0 Å². The molecule has 0 bridgehead atoms. The first kappa shape index (κ1) is 18.9. The summed E-state index contributed by atoms with van der Waals surface area (Å²) >= 11 is 0. The summed E-state index contributed by atoms with van der Waals surface area (Å²) in [5.41, 5.74) is 1.34. The predicted octanol–water partition coefficient (Wildman–Crippen LogP) is 2.22. The molecule has 0 aliphatic carbocycles. The Bertz CT molecular complexity index is 966. The molecular formula is C20H17N3O5. The van der Waals surface area contributed by atoms with Crippen molar-refractivity contribution in [3.05, 3.63) is 54.1 Å². The predicted molar refractivity (Wildman–Crippen MR) is 99.4 cm³/mol. The molecule has 2 atom stereocenters. The van der Waals surface area contributed by atoms with Gasteiger partial charge in [-0.1, -0.05) is 18.2 Å². The fraction of sp³-hybridized carbons (Fsp3) is 0.200. The number of para-hydroxylation sites is 2.